The number of hydrogen-bond donors (Lipinski definition) is 2. The first-order valence-electron chi connectivity index (χ1n) is 7.18. The van der Waals surface area contributed by atoms with Gasteiger partial charge < -0.3 is 5.11 Å². The molecule has 2 rings (SSSR count). The molecule has 1 saturated carbocycles. The highest BCUT2D eigenvalue weighted by Gasteiger charge is 2.26. The molecule has 2 atom stereocenters. The smallest absolute Gasteiger partial charge is 0.240 e. The minimum atomic E-state index is -3.47. The first kappa shape index (κ1) is 15.5. The SMILES string of the molecule is CC(C)c1ccc(S(=O)(=O)NC[C@@H]2CCC[C@H]2O)cc1. The molecule has 1 aromatic carbocycles. The number of rotatable bonds is 5. The van der Waals surface area contributed by atoms with Gasteiger partial charge in [0.05, 0.1) is 11.0 Å². The summed E-state index contributed by atoms with van der Waals surface area (Å²) in [5.74, 6) is 0.424. The molecule has 1 aliphatic carbocycles. The van der Waals surface area contributed by atoms with Crippen LogP contribution in [0.1, 0.15) is 44.6 Å². The Morgan fingerprint density at radius 1 is 1.25 bits per heavy atom. The fraction of sp³-hybridized carbons (Fsp3) is 0.600. The maximum absolute atomic E-state index is 12.2. The fourth-order valence-electron chi connectivity index (χ4n) is 2.59. The van der Waals surface area contributed by atoms with Crippen LogP contribution in [-0.4, -0.2) is 26.2 Å². The Morgan fingerprint density at radius 3 is 2.40 bits per heavy atom. The summed E-state index contributed by atoms with van der Waals surface area (Å²) in [7, 11) is -3.47. The second kappa shape index (κ2) is 6.24. The summed E-state index contributed by atoms with van der Waals surface area (Å²) in [6, 6.07) is 6.98. The van der Waals surface area contributed by atoms with Crippen molar-refractivity contribution >= 4 is 10.0 Å². The Hall–Kier alpha value is -0.910. The van der Waals surface area contributed by atoms with Crippen molar-refractivity contribution in [1.82, 2.24) is 4.72 Å². The van der Waals surface area contributed by atoms with Gasteiger partial charge >= 0.3 is 0 Å². The molecule has 1 aromatic rings. The second-order valence-electron chi connectivity index (χ2n) is 5.83. The molecule has 112 valence electrons. The van der Waals surface area contributed by atoms with Crippen LogP contribution in [0.2, 0.25) is 0 Å². The number of nitrogens with one attached hydrogen (secondary N) is 1. The van der Waals surface area contributed by atoms with Gasteiger partial charge in [-0.15, -0.1) is 0 Å². The maximum Gasteiger partial charge on any atom is 0.240 e. The molecular weight excluding hydrogens is 274 g/mol. The topological polar surface area (TPSA) is 66.4 Å². The van der Waals surface area contributed by atoms with E-state index in [0.29, 0.717) is 12.5 Å². The third kappa shape index (κ3) is 3.59. The van der Waals surface area contributed by atoms with Crippen LogP contribution < -0.4 is 4.72 Å². The Labute approximate surface area is 121 Å². The molecule has 4 nitrogen and oxygen atoms in total. The van der Waals surface area contributed by atoms with Crippen molar-refractivity contribution in [2.45, 2.75) is 50.0 Å². The molecule has 0 radical (unpaired) electrons. The predicted octanol–water partition coefficient (Wildman–Crippen LogP) is 2.25. The highest BCUT2D eigenvalue weighted by atomic mass is 32.2. The summed E-state index contributed by atoms with van der Waals surface area (Å²) in [5.41, 5.74) is 1.12. The zero-order chi connectivity index (χ0) is 14.8. The molecule has 0 bridgehead atoms. The minimum absolute atomic E-state index is 0.0414. The molecule has 5 heteroatoms. The summed E-state index contributed by atoms with van der Waals surface area (Å²) in [4.78, 5) is 0.286. The van der Waals surface area contributed by atoms with Gasteiger partial charge in [0, 0.05) is 6.54 Å². The number of hydrogen-bond acceptors (Lipinski definition) is 3. The average Bonchev–Trinajstić information content (AvgIpc) is 2.82. The van der Waals surface area contributed by atoms with Crippen LogP contribution >= 0.6 is 0 Å². The van der Waals surface area contributed by atoms with Crippen molar-refractivity contribution in [2.75, 3.05) is 6.54 Å². The van der Waals surface area contributed by atoms with Gasteiger partial charge in [0.2, 0.25) is 10.0 Å². The zero-order valence-corrected chi connectivity index (χ0v) is 12.9. The normalized spacial score (nSPS) is 23.4. The fourth-order valence-corrected chi connectivity index (χ4v) is 3.68. The van der Waals surface area contributed by atoms with E-state index < -0.39 is 10.0 Å². The quantitative estimate of drug-likeness (QED) is 0.876. The Balaban J connectivity index is 2.02. The summed E-state index contributed by atoms with van der Waals surface area (Å²) in [6.07, 6.45) is 2.25. The second-order valence-corrected chi connectivity index (χ2v) is 7.60. The Morgan fingerprint density at radius 2 is 1.90 bits per heavy atom. The molecule has 0 aromatic heterocycles. The van der Waals surface area contributed by atoms with Crippen molar-refractivity contribution in [2.24, 2.45) is 5.92 Å². The monoisotopic (exact) mass is 297 g/mol. The molecule has 20 heavy (non-hydrogen) atoms. The number of benzene rings is 1. The van der Waals surface area contributed by atoms with Crippen LogP contribution in [0.5, 0.6) is 0 Å². The van der Waals surface area contributed by atoms with Gasteiger partial charge in [0.15, 0.2) is 0 Å². The van der Waals surface area contributed by atoms with Crippen molar-refractivity contribution in [3.05, 3.63) is 29.8 Å². The van der Waals surface area contributed by atoms with Gasteiger partial charge in [0.1, 0.15) is 0 Å². The highest BCUT2D eigenvalue weighted by molar-refractivity contribution is 7.89. The van der Waals surface area contributed by atoms with Crippen molar-refractivity contribution in [3.63, 3.8) is 0 Å². The van der Waals surface area contributed by atoms with Crippen molar-refractivity contribution < 1.29 is 13.5 Å². The van der Waals surface area contributed by atoms with E-state index in [1.54, 1.807) is 12.1 Å². The third-order valence-corrected chi connectivity index (χ3v) is 5.45. The number of sulfonamides is 1. The molecule has 2 N–H and O–H groups in total. The lowest BCUT2D eigenvalue weighted by molar-refractivity contribution is 0.134. The minimum Gasteiger partial charge on any atom is -0.393 e. The molecule has 0 amide bonds. The molecule has 1 fully saturated rings. The van der Waals surface area contributed by atoms with E-state index in [4.69, 9.17) is 0 Å². The molecule has 0 aliphatic heterocycles. The largest absolute Gasteiger partial charge is 0.393 e. The van der Waals surface area contributed by atoms with E-state index >= 15 is 0 Å². The summed E-state index contributed by atoms with van der Waals surface area (Å²) >= 11 is 0. The standard InChI is InChI=1S/C15H23NO3S/c1-11(2)12-6-8-14(9-7-12)20(18,19)16-10-13-4-3-5-15(13)17/h6-9,11,13,15-17H,3-5,10H2,1-2H3/t13-,15+/m0/s1. The van der Waals surface area contributed by atoms with Crippen LogP contribution in [-0.2, 0) is 10.0 Å². The van der Waals surface area contributed by atoms with Crippen LogP contribution in [0.4, 0.5) is 0 Å². The van der Waals surface area contributed by atoms with Crippen LogP contribution in [0, 0.1) is 5.92 Å². The molecule has 0 spiro atoms. The van der Waals surface area contributed by atoms with Crippen LogP contribution in [0.3, 0.4) is 0 Å². The van der Waals surface area contributed by atoms with Crippen LogP contribution in [0.25, 0.3) is 0 Å². The maximum atomic E-state index is 12.2. The first-order valence-corrected chi connectivity index (χ1v) is 8.66. The third-order valence-electron chi connectivity index (χ3n) is 4.01. The molecule has 0 heterocycles. The van der Waals surface area contributed by atoms with E-state index in [2.05, 4.69) is 18.6 Å². The lowest BCUT2D eigenvalue weighted by Crippen LogP contribution is -2.32. The van der Waals surface area contributed by atoms with Crippen molar-refractivity contribution in [3.8, 4) is 0 Å². The summed E-state index contributed by atoms with van der Waals surface area (Å²) in [5, 5.41) is 9.72. The van der Waals surface area contributed by atoms with E-state index in [1.165, 1.54) is 0 Å². The van der Waals surface area contributed by atoms with E-state index in [9.17, 15) is 13.5 Å². The molecular formula is C15H23NO3S. The van der Waals surface area contributed by atoms with Gasteiger partial charge in [-0.25, -0.2) is 13.1 Å². The summed E-state index contributed by atoms with van der Waals surface area (Å²) < 4.78 is 27.0. The lowest BCUT2D eigenvalue weighted by Gasteiger charge is -2.15. The van der Waals surface area contributed by atoms with Gasteiger partial charge in [0.25, 0.3) is 0 Å². The molecule has 1 aliphatic rings. The van der Waals surface area contributed by atoms with Crippen LogP contribution in [0.15, 0.2) is 29.2 Å². The Bertz CT molecular complexity index is 537. The van der Waals surface area contributed by atoms with Gasteiger partial charge in [-0.3, -0.25) is 0 Å². The van der Waals surface area contributed by atoms with Gasteiger partial charge in [-0.1, -0.05) is 32.4 Å². The predicted molar refractivity (Wildman–Crippen MR) is 79.1 cm³/mol. The number of aliphatic hydroxyl groups is 1. The highest BCUT2D eigenvalue weighted by Crippen LogP contribution is 2.25. The van der Waals surface area contributed by atoms with E-state index in [0.717, 1.165) is 24.8 Å². The number of aliphatic hydroxyl groups excluding tert-OH is 1. The Kier molecular flexibility index (Phi) is 4.83. The van der Waals surface area contributed by atoms with E-state index in [1.807, 2.05) is 12.1 Å². The molecule has 0 unspecified atom stereocenters. The zero-order valence-electron chi connectivity index (χ0n) is 12.0. The first-order chi connectivity index (χ1) is 9.40. The van der Waals surface area contributed by atoms with E-state index in [-0.39, 0.29) is 16.9 Å². The summed E-state index contributed by atoms with van der Waals surface area (Å²) in [6.45, 7) is 4.46. The van der Waals surface area contributed by atoms with Gasteiger partial charge in [-0.2, -0.15) is 0 Å². The molecule has 0 saturated heterocycles. The van der Waals surface area contributed by atoms with Crippen molar-refractivity contribution in [1.29, 1.82) is 0 Å². The van der Waals surface area contributed by atoms with Gasteiger partial charge in [-0.05, 0) is 42.4 Å². The average molecular weight is 297 g/mol. The lowest BCUT2D eigenvalue weighted by atomic mass is 10.0.